The van der Waals surface area contributed by atoms with Crippen LogP contribution in [0.2, 0.25) is 0 Å². The van der Waals surface area contributed by atoms with Crippen molar-refractivity contribution in [2.45, 2.75) is 18.9 Å². The van der Waals surface area contributed by atoms with Gasteiger partial charge in [0.25, 0.3) is 0 Å². The molecule has 0 spiro atoms. The van der Waals surface area contributed by atoms with Gasteiger partial charge in [0.05, 0.1) is 6.04 Å². The van der Waals surface area contributed by atoms with Gasteiger partial charge in [-0.3, -0.25) is 4.90 Å². The third-order valence-corrected chi connectivity index (χ3v) is 1.84. The predicted molar refractivity (Wildman–Crippen MR) is 36.3 cm³/mol. The van der Waals surface area contributed by atoms with Crippen LogP contribution in [0.25, 0.3) is 0 Å². The number of hydrogen-bond acceptors (Lipinski definition) is 2. The van der Waals surface area contributed by atoms with Crippen LogP contribution in [0, 0.1) is 5.92 Å². The summed E-state index contributed by atoms with van der Waals surface area (Å²) in [5.41, 5.74) is 0. The Kier molecular flexibility index (Phi) is 1.86. The molecule has 1 unspecified atom stereocenters. The Bertz CT molecular complexity index is 105. The maximum Gasteiger partial charge on any atom is 0.137 e. The molecule has 1 rings (SSSR count). The van der Waals surface area contributed by atoms with Gasteiger partial charge >= 0.3 is 0 Å². The molecule has 1 aliphatic carbocycles. The average molecular weight is 127 g/mol. The van der Waals surface area contributed by atoms with E-state index in [1.54, 1.807) is 0 Å². The number of aldehydes is 1. The van der Waals surface area contributed by atoms with Gasteiger partial charge in [-0.2, -0.15) is 0 Å². The summed E-state index contributed by atoms with van der Waals surface area (Å²) >= 11 is 0. The first-order chi connectivity index (χ1) is 4.25. The van der Waals surface area contributed by atoms with Crippen molar-refractivity contribution in [3.05, 3.63) is 0 Å². The molecule has 0 aliphatic heterocycles. The molecule has 1 atom stereocenters. The second kappa shape index (κ2) is 2.48. The zero-order valence-corrected chi connectivity index (χ0v) is 6.00. The maximum atomic E-state index is 10.4. The molecule has 52 valence electrons. The molecule has 0 aromatic heterocycles. The van der Waals surface area contributed by atoms with Gasteiger partial charge in [-0.05, 0) is 32.9 Å². The Hall–Kier alpha value is -0.370. The van der Waals surface area contributed by atoms with Crippen LogP contribution < -0.4 is 0 Å². The number of carbonyl (C=O) groups excluding carboxylic acids is 1. The van der Waals surface area contributed by atoms with Crippen LogP contribution in [0.15, 0.2) is 0 Å². The van der Waals surface area contributed by atoms with Gasteiger partial charge in [0.15, 0.2) is 0 Å². The summed E-state index contributed by atoms with van der Waals surface area (Å²) in [6.07, 6.45) is 3.53. The number of hydrogen-bond donors (Lipinski definition) is 0. The van der Waals surface area contributed by atoms with Crippen LogP contribution in [-0.2, 0) is 4.79 Å². The SMILES string of the molecule is CN(C)C(C=O)C1CC1. The molecule has 9 heavy (non-hydrogen) atoms. The summed E-state index contributed by atoms with van der Waals surface area (Å²) in [6.45, 7) is 0. The molecular formula is C7H13NO. The van der Waals surface area contributed by atoms with E-state index in [9.17, 15) is 4.79 Å². The standard InChI is InChI=1S/C7H13NO/c1-8(2)7(5-9)6-3-4-6/h5-7H,3-4H2,1-2H3. The van der Waals surface area contributed by atoms with Crippen molar-refractivity contribution in [1.29, 1.82) is 0 Å². The second-order valence-corrected chi connectivity index (χ2v) is 2.93. The minimum Gasteiger partial charge on any atom is -0.302 e. The third kappa shape index (κ3) is 1.52. The quantitative estimate of drug-likeness (QED) is 0.515. The second-order valence-electron chi connectivity index (χ2n) is 2.93. The van der Waals surface area contributed by atoms with Gasteiger partial charge in [0.1, 0.15) is 6.29 Å². The lowest BCUT2D eigenvalue weighted by molar-refractivity contribution is -0.112. The number of carbonyl (C=O) groups is 1. The zero-order chi connectivity index (χ0) is 6.85. The van der Waals surface area contributed by atoms with E-state index in [0.717, 1.165) is 6.29 Å². The molecule has 2 heteroatoms. The van der Waals surface area contributed by atoms with E-state index in [1.165, 1.54) is 12.8 Å². The van der Waals surface area contributed by atoms with Crippen LogP contribution in [0.3, 0.4) is 0 Å². The van der Waals surface area contributed by atoms with Gasteiger partial charge in [-0.25, -0.2) is 0 Å². The largest absolute Gasteiger partial charge is 0.302 e. The van der Waals surface area contributed by atoms with E-state index in [0.29, 0.717) is 5.92 Å². The molecule has 0 aromatic rings. The van der Waals surface area contributed by atoms with Crippen molar-refractivity contribution in [2.24, 2.45) is 5.92 Å². The Morgan fingerprint density at radius 2 is 2.11 bits per heavy atom. The summed E-state index contributed by atoms with van der Waals surface area (Å²) in [5, 5.41) is 0. The van der Waals surface area contributed by atoms with Crippen LogP contribution in [0.4, 0.5) is 0 Å². The molecule has 1 aliphatic rings. The fraction of sp³-hybridized carbons (Fsp3) is 0.857. The summed E-state index contributed by atoms with van der Waals surface area (Å²) in [4.78, 5) is 12.4. The number of nitrogens with zero attached hydrogens (tertiary/aromatic N) is 1. The Balaban J connectivity index is 2.37. The molecule has 0 heterocycles. The first-order valence-electron chi connectivity index (χ1n) is 3.37. The van der Waals surface area contributed by atoms with E-state index in [-0.39, 0.29) is 6.04 Å². The monoisotopic (exact) mass is 127 g/mol. The Morgan fingerprint density at radius 1 is 1.56 bits per heavy atom. The van der Waals surface area contributed by atoms with E-state index < -0.39 is 0 Å². The van der Waals surface area contributed by atoms with Crippen LogP contribution in [-0.4, -0.2) is 31.3 Å². The van der Waals surface area contributed by atoms with Crippen molar-refractivity contribution in [3.8, 4) is 0 Å². The zero-order valence-electron chi connectivity index (χ0n) is 6.00. The molecule has 1 fully saturated rings. The molecule has 0 amide bonds. The van der Waals surface area contributed by atoms with Crippen molar-refractivity contribution in [2.75, 3.05) is 14.1 Å². The van der Waals surface area contributed by atoms with E-state index >= 15 is 0 Å². The van der Waals surface area contributed by atoms with E-state index in [2.05, 4.69) is 0 Å². The summed E-state index contributed by atoms with van der Waals surface area (Å²) in [7, 11) is 3.91. The Morgan fingerprint density at radius 3 is 2.22 bits per heavy atom. The normalized spacial score (nSPS) is 22.1. The molecule has 2 nitrogen and oxygen atoms in total. The lowest BCUT2D eigenvalue weighted by Crippen LogP contribution is -2.31. The van der Waals surface area contributed by atoms with Gasteiger partial charge in [-0.1, -0.05) is 0 Å². The van der Waals surface area contributed by atoms with Crippen LogP contribution in [0.1, 0.15) is 12.8 Å². The topological polar surface area (TPSA) is 20.3 Å². The fourth-order valence-corrected chi connectivity index (χ4v) is 1.09. The Labute approximate surface area is 55.8 Å². The van der Waals surface area contributed by atoms with Crippen molar-refractivity contribution in [3.63, 3.8) is 0 Å². The highest BCUT2D eigenvalue weighted by atomic mass is 16.1. The van der Waals surface area contributed by atoms with E-state index in [4.69, 9.17) is 0 Å². The molecule has 0 bridgehead atoms. The van der Waals surface area contributed by atoms with Gasteiger partial charge < -0.3 is 4.79 Å². The highest BCUT2D eigenvalue weighted by molar-refractivity contribution is 5.58. The highest BCUT2D eigenvalue weighted by Crippen LogP contribution is 2.33. The van der Waals surface area contributed by atoms with Gasteiger partial charge in [0.2, 0.25) is 0 Å². The molecule has 1 saturated carbocycles. The lowest BCUT2D eigenvalue weighted by atomic mass is 10.2. The first kappa shape index (κ1) is 6.75. The average Bonchev–Trinajstić information content (AvgIpc) is 2.50. The summed E-state index contributed by atoms with van der Waals surface area (Å²) < 4.78 is 0. The van der Waals surface area contributed by atoms with Crippen molar-refractivity contribution in [1.82, 2.24) is 4.90 Å². The summed E-state index contributed by atoms with van der Waals surface area (Å²) in [6, 6.07) is 0.185. The minimum absolute atomic E-state index is 0.185. The van der Waals surface area contributed by atoms with Gasteiger partial charge in [0, 0.05) is 0 Å². The fourth-order valence-electron chi connectivity index (χ4n) is 1.09. The van der Waals surface area contributed by atoms with Gasteiger partial charge in [-0.15, -0.1) is 0 Å². The summed E-state index contributed by atoms with van der Waals surface area (Å²) in [5.74, 6) is 0.664. The van der Waals surface area contributed by atoms with Crippen molar-refractivity contribution < 1.29 is 4.79 Å². The predicted octanol–water partition coefficient (Wildman–Crippen LogP) is 0.525. The molecule has 0 aromatic carbocycles. The molecule has 0 N–H and O–H groups in total. The molecule has 0 radical (unpaired) electrons. The van der Waals surface area contributed by atoms with Crippen LogP contribution in [0.5, 0.6) is 0 Å². The molecular weight excluding hydrogens is 114 g/mol. The van der Waals surface area contributed by atoms with Crippen molar-refractivity contribution >= 4 is 6.29 Å². The number of likely N-dealkylation sites (N-methyl/N-ethyl adjacent to an activating group) is 1. The van der Waals surface area contributed by atoms with E-state index in [1.807, 2.05) is 19.0 Å². The maximum absolute atomic E-state index is 10.4. The smallest absolute Gasteiger partial charge is 0.137 e. The van der Waals surface area contributed by atoms with Crippen LogP contribution >= 0.6 is 0 Å². The first-order valence-corrected chi connectivity index (χ1v) is 3.37. The minimum atomic E-state index is 0.185. The lowest BCUT2D eigenvalue weighted by Gasteiger charge is -2.16. The third-order valence-electron chi connectivity index (χ3n) is 1.84. The molecule has 0 saturated heterocycles. The highest BCUT2D eigenvalue weighted by Gasteiger charge is 2.31. The number of rotatable bonds is 3.